The molecule has 0 aromatic heterocycles. The summed E-state index contributed by atoms with van der Waals surface area (Å²) in [6.45, 7) is 5.46. The van der Waals surface area contributed by atoms with Gasteiger partial charge in [-0.05, 0) is 37.5 Å². The number of nitrogens with zero attached hydrogens (tertiary/aromatic N) is 1. The maximum atomic E-state index is 13.4. The van der Waals surface area contributed by atoms with Crippen LogP contribution in [-0.2, 0) is 9.59 Å². The molecule has 1 fully saturated rings. The Bertz CT molecular complexity index is 553. The quantitative estimate of drug-likeness (QED) is 0.921. The van der Waals surface area contributed by atoms with E-state index in [1.807, 2.05) is 13.8 Å². The van der Waals surface area contributed by atoms with E-state index in [9.17, 15) is 14.0 Å². The topological polar surface area (TPSA) is 49.4 Å². The van der Waals surface area contributed by atoms with Crippen LogP contribution in [0.15, 0.2) is 18.2 Å². The van der Waals surface area contributed by atoms with Gasteiger partial charge in [0, 0.05) is 0 Å². The minimum Gasteiger partial charge on any atom is -0.340 e. The molecule has 0 saturated carbocycles. The predicted octanol–water partition coefficient (Wildman–Crippen LogP) is 2.16. The van der Waals surface area contributed by atoms with E-state index in [0.29, 0.717) is 18.5 Å². The highest BCUT2D eigenvalue weighted by Crippen LogP contribution is 2.29. The average Bonchev–Trinajstić information content (AvgIpc) is 2.44. The summed E-state index contributed by atoms with van der Waals surface area (Å²) in [5.41, 5.74) is 0.361. The fourth-order valence-electron chi connectivity index (χ4n) is 2.63. The van der Waals surface area contributed by atoms with Gasteiger partial charge in [0.05, 0.1) is 5.69 Å². The van der Waals surface area contributed by atoms with E-state index in [1.54, 1.807) is 13.0 Å². The summed E-state index contributed by atoms with van der Waals surface area (Å²) >= 11 is 0. The highest BCUT2D eigenvalue weighted by Gasteiger charge is 2.44. The molecule has 5 heteroatoms. The molecule has 0 atom stereocenters. The van der Waals surface area contributed by atoms with Crippen molar-refractivity contribution in [2.24, 2.45) is 0 Å². The first kappa shape index (κ1) is 14.5. The van der Waals surface area contributed by atoms with Crippen molar-refractivity contribution >= 4 is 17.5 Å². The molecule has 20 heavy (non-hydrogen) atoms. The van der Waals surface area contributed by atoms with E-state index >= 15 is 0 Å². The van der Waals surface area contributed by atoms with Crippen LogP contribution in [0.25, 0.3) is 0 Å². The first-order valence-corrected chi connectivity index (χ1v) is 6.82. The van der Waals surface area contributed by atoms with Crippen molar-refractivity contribution in [1.82, 2.24) is 5.32 Å². The van der Waals surface area contributed by atoms with Gasteiger partial charge in [0.25, 0.3) is 5.91 Å². The molecular formula is C15H19FN2O2. The molecule has 0 aliphatic carbocycles. The summed E-state index contributed by atoms with van der Waals surface area (Å²) in [5.74, 6) is -0.796. The molecule has 1 aliphatic heterocycles. The van der Waals surface area contributed by atoms with Crippen molar-refractivity contribution in [1.29, 1.82) is 0 Å². The lowest BCUT2D eigenvalue weighted by atomic mass is 9.88. The molecule has 1 aromatic carbocycles. The van der Waals surface area contributed by atoms with Crippen LogP contribution in [0.5, 0.6) is 0 Å². The lowest BCUT2D eigenvalue weighted by molar-refractivity contribution is -0.136. The number of aryl methyl sites for hydroxylation is 1. The van der Waals surface area contributed by atoms with Crippen molar-refractivity contribution in [2.45, 2.75) is 39.2 Å². The van der Waals surface area contributed by atoms with Gasteiger partial charge in [0.15, 0.2) is 0 Å². The Morgan fingerprint density at radius 2 is 1.95 bits per heavy atom. The first-order valence-electron chi connectivity index (χ1n) is 6.82. The van der Waals surface area contributed by atoms with Crippen LogP contribution in [0.1, 0.15) is 32.3 Å². The molecule has 0 radical (unpaired) electrons. The number of anilines is 1. The normalized spacial score (nSPS) is 18.1. The van der Waals surface area contributed by atoms with Crippen molar-refractivity contribution in [3.05, 3.63) is 29.6 Å². The number of rotatable bonds is 3. The minimum atomic E-state index is -0.881. The summed E-state index contributed by atoms with van der Waals surface area (Å²) < 4.78 is 13.4. The SMILES string of the molecule is CCC1(CC)NC(=O)CN(c2cc(F)ccc2C)C1=O. The van der Waals surface area contributed by atoms with E-state index in [4.69, 9.17) is 0 Å². The van der Waals surface area contributed by atoms with E-state index in [-0.39, 0.29) is 18.4 Å². The van der Waals surface area contributed by atoms with Crippen LogP contribution >= 0.6 is 0 Å². The number of nitrogens with one attached hydrogen (secondary N) is 1. The van der Waals surface area contributed by atoms with Gasteiger partial charge in [-0.25, -0.2) is 4.39 Å². The molecule has 1 heterocycles. The van der Waals surface area contributed by atoms with E-state index in [2.05, 4.69) is 5.32 Å². The Labute approximate surface area is 118 Å². The number of benzene rings is 1. The van der Waals surface area contributed by atoms with E-state index < -0.39 is 11.4 Å². The van der Waals surface area contributed by atoms with Gasteiger partial charge in [-0.15, -0.1) is 0 Å². The fraction of sp³-hybridized carbons (Fsp3) is 0.467. The zero-order valence-electron chi connectivity index (χ0n) is 12.0. The number of piperazine rings is 1. The Kier molecular flexibility index (Phi) is 3.79. The van der Waals surface area contributed by atoms with Crippen LogP contribution in [0.3, 0.4) is 0 Å². The third kappa shape index (κ3) is 2.28. The molecule has 1 saturated heterocycles. The maximum Gasteiger partial charge on any atom is 0.253 e. The van der Waals surface area contributed by atoms with Crippen LogP contribution in [0, 0.1) is 12.7 Å². The number of amides is 2. The fourth-order valence-corrected chi connectivity index (χ4v) is 2.63. The molecule has 4 nitrogen and oxygen atoms in total. The zero-order valence-corrected chi connectivity index (χ0v) is 12.0. The van der Waals surface area contributed by atoms with Crippen LogP contribution in [0.4, 0.5) is 10.1 Å². The summed E-state index contributed by atoms with van der Waals surface area (Å²) in [4.78, 5) is 26.0. The second-order valence-electron chi connectivity index (χ2n) is 5.16. The second kappa shape index (κ2) is 5.23. The zero-order chi connectivity index (χ0) is 14.9. The number of carbonyl (C=O) groups is 2. The lowest BCUT2D eigenvalue weighted by Gasteiger charge is -2.41. The number of carbonyl (C=O) groups excluding carboxylic acids is 2. The standard InChI is InChI=1S/C15H19FN2O2/c1-4-15(5-2)14(20)18(9-13(19)17-15)12-8-11(16)7-6-10(12)3/h6-8H,4-5,9H2,1-3H3,(H,17,19). The second-order valence-corrected chi connectivity index (χ2v) is 5.16. The van der Waals surface area contributed by atoms with Crippen molar-refractivity contribution in [2.75, 3.05) is 11.4 Å². The molecule has 2 rings (SSSR count). The monoisotopic (exact) mass is 278 g/mol. The van der Waals surface area contributed by atoms with E-state index in [0.717, 1.165) is 5.56 Å². The van der Waals surface area contributed by atoms with Crippen LogP contribution in [-0.4, -0.2) is 23.9 Å². The van der Waals surface area contributed by atoms with Crippen LogP contribution < -0.4 is 10.2 Å². The predicted molar refractivity (Wildman–Crippen MR) is 74.9 cm³/mol. The summed E-state index contributed by atoms with van der Waals surface area (Å²) in [5, 5.41) is 2.79. The third-order valence-corrected chi connectivity index (χ3v) is 4.00. The van der Waals surface area contributed by atoms with Gasteiger partial charge in [-0.3, -0.25) is 9.59 Å². The van der Waals surface area contributed by atoms with Crippen molar-refractivity contribution in [3.8, 4) is 0 Å². The van der Waals surface area contributed by atoms with Gasteiger partial charge in [-0.2, -0.15) is 0 Å². The van der Waals surface area contributed by atoms with Crippen LogP contribution in [0.2, 0.25) is 0 Å². The van der Waals surface area contributed by atoms with E-state index in [1.165, 1.54) is 17.0 Å². The van der Waals surface area contributed by atoms with Crippen molar-refractivity contribution < 1.29 is 14.0 Å². The Balaban J connectivity index is 2.47. The molecule has 1 aromatic rings. The van der Waals surface area contributed by atoms with Gasteiger partial charge >= 0.3 is 0 Å². The highest BCUT2D eigenvalue weighted by atomic mass is 19.1. The first-order chi connectivity index (χ1) is 9.43. The number of hydrogen-bond donors (Lipinski definition) is 1. The van der Waals surface area contributed by atoms with Crippen molar-refractivity contribution in [3.63, 3.8) is 0 Å². The third-order valence-electron chi connectivity index (χ3n) is 4.00. The lowest BCUT2D eigenvalue weighted by Crippen LogP contribution is -2.66. The average molecular weight is 278 g/mol. The Hall–Kier alpha value is -1.91. The summed E-state index contributed by atoms with van der Waals surface area (Å²) in [6, 6.07) is 4.27. The molecular weight excluding hydrogens is 259 g/mol. The highest BCUT2D eigenvalue weighted by molar-refractivity contribution is 6.09. The van der Waals surface area contributed by atoms with Gasteiger partial charge in [0.1, 0.15) is 17.9 Å². The Morgan fingerprint density at radius 1 is 1.30 bits per heavy atom. The summed E-state index contributed by atoms with van der Waals surface area (Å²) in [7, 11) is 0. The molecule has 0 bridgehead atoms. The largest absolute Gasteiger partial charge is 0.340 e. The summed E-state index contributed by atoms with van der Waals surface area (Å²) in [6.07, 6.45) is 1.03. The maximum absolute atomic E-state index is 13.4. The van der Waals surface area contributed by atoms with Gasteiger partial charge in [-0.1, -0.05) is 19.9 Å². The van der Waals surface area contributed by atoms with Gasteiger partial charge < -0.3 is 10.2 Å². The molecule has 0 spiro atoms. The number of halogens is 1. The number of hydrogen-bond acceptors (Lipinski definition) is 2. The van der Waals surface area contributed by atoms with Gasteiger partial charge in [0.2, 0.25) is 5.91 Å². The molecule has 0 unspecified atom stereocenters. The molecule has 2 amide bonds. The molecule has 1 aliphatic rings. The Morgan fingerprint density at radius 3 is 2.55 bits per heavy atom. The molecule has 108 valence electrons. The smallest absolute Gasteiger partial charge is 0.253 e. The minimum absolute atomic E-state index is 0.0646. The molecule has 1 N–H and O–H groups in total.